The summed E-state index contributed by atoms with van der Waals surface area (Å²) in [7, 11) is 0. The van der Waals surface area contributed by atoms with Crippen LogP contribution in [0.4, 0.5) is 0 Å². The highest BCUT2D eigenvalue weighted by Crippen LogP contribution is 2.30. The first-order valence-corrected chi connectivity index (χ1v) is 9.47. The van der Waals surface area contributed by atoms with Crippen LogP contribution < -0.4 is 0 Å². The van der Waals surface area contributed by atoms with Gasteiger partial charge in [0.1, 0.15) is 0 Å². The lowest BCUT2D eigenvalue weighted by molar-refractivity contribution is 0.851. The maximum absolute atomic E-state index is 9.07. The Kier molecular flexibility index (Phi) is 4.26. The van der Waals surface area contributed by atoms with Crippen molar-refractivity contribution in [1.29, 1.82) is 5.26 Å². The Balaban J connectivity index is 1.71. The minimum atomic E-state index is 0.617. The van der Waals surface area contributed by atoms with Crippen molar-refractivity contribution in [3.63, 3.8) is 0 Å². The zero-order chi connectivity index (χ0) is 20.5. The van der Waals surface area contributed by atoms with Crippen molar-refractivity contribution < 1.29 is 0 Å². The van der Waals surface area contributed by atoms with E-state index in [4.69, 9.17) is 10.4 Å². The molecule has 0 atom stereocenters. The molecule has 2 aromatic carbocycles. The molecule has 3 aromatic heterocycles. The second kappa shape index (κ2) is 7.22. The van der Waals surface area contributed by atoms with E-state index in [2.05, 4.69) is 21.0 Å². The van der Waals surface area contributed by atoms with Crippen LogP contribution in [0.3, 0.4) is 0 Å². The largest absolute Gasteiger partial charge is 0.253 e. The molecule has 30 heavy (non-hydrogen) atoms. The van der Waals surface area contributed by atoms with E-state index >= 15 is 0 Å². The van der Waals surface area contributed by atoms with Crippen LogP contribution in [0, 0.1) is 18.3 Å². The van der Waals surface area contributed by atoms with Gasteiger partial charge in [-0.3, -0.25) is 9.97 Å². The monoisotopic (exact) mass is 388 g/mol. The highest BCUT2D eigenvalue weighted by Gasteiger charge is 2.15. The molecule has 0 unspecified atom stereocenters. The molecule has 142 valence electrons. The van der Waals surface area contributed by atoms with Crippen LogP contribution in [0.5, 0.6) is 0 Å². The summed E-state index contributed by atoms with van der Waals surface area (Å²) < 4.78 is 1.85. The minimum absolute atomic E-state index is 0.617. The van der Waals surface area contributed by atoms with E-state index in [0.29, 0.717) is 5.56 Å². The summed E-state index contributed by atoms with van der Waals surface area (Å²) in [6, 6.07) is 23.4. The van der Waals surface area contributed by atoms with Crippen molar-refractivity contribution >= 4 is 11.0 Å². The Bertz CT molecular complexity index is 1410. The van der Waals surface area contributed by atoms with Crippen LogP contribution in [-0.4, -0.2) is 24.7 Å². The summed E-state index contributed by atoms with van der Waals surface area (Å²) in [6.07, 6.45) is 3.37. The Hall–Kier alpha value is -4.37. The number of fused-ring (bicyclic) bond motifs is 1. The summed E-state index contributed by atoms with van der Waals surface area (Å²) in [5.41, 5.74) is 6.80. The number of aryl methyl sites for hydroxylation is 1. The molecule has 6 nitrogen and oxygen atoms in total. The molecular formula is C24H16N6. The minimum Gasteiger partial charge on any atom is -0.253 e. The van der Waals surface area contributed by atoms with Gasteiger partial charge in [-0.05, 0) is 49.4 Å². The first kappa shape index (κ1) is 17.7. The fraction of sp³-hybridized carbons (Fsp3) is 0.0417. The van der Waals surface area contributed by atoms with Gasteiger partial charge in [0.05, 0.1) is 34.1 Å². The number of nitriles is 1. The van der Waals surface area contributed by atoms with Gasteiger partial charge in [0.15, 0.2) is 5.82 Å². The molecule has 0 N–H and O–H groups in total. The van der Waals surface area contributed by atoms with Gasteiger partial charge in [0, 0.05) is 29.2 Å². The van der Waals surface area contributed by atoms with E-state index in [1.807, 2.05) is 66.2 Å². The SMILES string of the molecule is Cc1cccc(-n2nc(-c3ccc(C#N)cc3)cc2-c2ccc3nccnc3c2)n1. The van der Waals surface area contributed by atoms with Crippen molar-refractivity contribution in [1.82, 2.24) is 24.7 Å². The summed E-state index contributed by atoms with van der Waals surface area (Å²) in [5, 5.41) is 13.9. The Morgan fingerprint density at radius 3 is 2.37 bits per heavy atom. The normalized spacial score (nSPS) is 10.8. The fourth-order valence-electron chi connectivity index (χ4n) is 3.39. The molecule has 0 saturated carbocycles. The maximum atomic E-state index is 9.07. The van der Waals surface area contributed by atoms with Crippen LogP contribution >= 0.6 is 0 Å². The predicted molar refractivity (Wildman–Crippen MR) is 115 cm³/mol. The highest BCUT2D eigenvalue weighted by molar-refractivity contribution is 5.81. The van der Waals surface area contributed by atoms with Gasteiger partial charge in [-0.25, -0.2) is 9.67 Å². The van der Waals surface area contributed by atoms with Crippen LogP contribution in [0.15, 0.2) is 79.1 Å². The average molecular weight is 388 g/mol. The average Bonchev–Trinajstić information content (AvgIpc) is 3.24. The van der Waals surface area contributed by atoms with Gasteiger partial charge >= 0.3 is 0 Å². The van der Waals surface area contributed by atoms with Gasteiger partial charge in [-0.2, -0.15) is 10.4 Å². The zero-order valence-corrected chi connectivity index (χ0v) is 16.2. The van der Waals surface area contributed by atoms with E-state index in [1.54, 1.807) is 24.5 Å². The molecule has 0 spiro atoms. The van der Waals surface area contributed by atoms with Gasteiger partial charge in [-0.1, -0.05) is 24.3 Å². The molecule has 0 aliphatic rings. The van der Waals surface area contributed by atoms with Crippen LogP contribution in [0.2, 0.25) is 0 Å². The van der Waals surface area contributed by atoms with Gasteiger partial charge in [0.2, 0.25) is 0 Å². The van der Waals surface area contributed by atoms with E-state index < -0.39 is 0 Å². The summed E-state index contributed by atoms with van der Waals surface area (Å²) in [4.78, 5) is 13.4. The number of aromatic nitrogens is 5. The molecule has 5 aromatic rings. The summed E-state index contributed by atoms with van der Waals surface area (Å²) in [6.45, 7) is 1.96. The molecule has 0 amide bonds. The Morgan fingerprint density at radius 1 is 0.833 bits per heavy atom. The lowest BCUT2D eigenvalue weighted by Crippen LogP contribution is -2.02. The number of benzene rings is 2. The standard InChI is InChI=1S/C24H16N6/c1-16-3-2-4-24(28-16)30-23(19-9-10-20-22(13-19)27-12-11-26-20)14-21(29-30)18-7-5-17(15-25)6-8-18/h2-14H,1H3. The molecule has 5 rings (SSSR count). The van der Waals surface area contributed by atoms with E-state index in [-0.39, 0.29) is 0 Å². The first-order chi connectivity index (χ1) is 14.7. The predicted octanol–water partition coefficient (Wildman–Crippen LogP) is 4.72. The van der Waals surface area contributed by atoms with E-state index in [1.165, 1.54) is 0 Å². The summed E-state index contributed by atoms with van der Waals surface area (Å²) >= 11 is 0. The molecule has 0 bridgehead atoms. The number of hydrogen-bond donors (Lipinski definition) is 0. The van der Waals surface area contributed by atoms with Crippen LogP contribution in [0.25, 0.3) is 39.4 Å². The van der Waals surface area contributed by atoms with Crippen molar-refractivity contribution in [2.75, 3.05) is 0 Å². The molecule has 0 aliphatic heterocycles. The molecule has 0 aliphatic carbocycles. The molecule has 0 fully saturated rings. The fourth-order valence-corrected chi connectivity index (χ4v) is 3.39. The number of nitrogens with zero attached hydrogens (tertiary/aromatic N) is 6. The number of pyridine rings is 1. The van der Waals surface area contributed by atoms with E-state index in [0.717, 1.165) is 45.1 Å². The Morgan fingerprint density at radius 2 is 1.60 bits per heavy atom. The third kappa shape index (κ3) is 3.19. The van der Waals surface area contributed by atoms with Crippen molar-refractivity contribution in [2.45, 2.75) is 6.92 Å². The van der Waals surface area contributed by atoms with Gasteiger partial charge in [-0.15, -0.1) is 0 Å². The Labute approximate surface area is 173 Å². The molecule has 3 heterocycles. The smallest absolute Gasteiger partial charge is 0.154 e. The molecular weight excluding hydrogens is 372 g/mol. The lowest BCUT2D eigenvalue weighted by Gasteiger charge is -2.08. The third-order valence-electron chi connectivity index (χ3n) is 4.87. The molecule has 0 saturated heterocycles. The molecule has 6 heteroatoms. The second-order valence-corrected chi connectivity index (χ2v) is 6.91. The zero-order valence-electron chi connectivity index (χ0n) is 16.2. The summed E-state index contributed by atoms with van der Waals surface area (Å²) in [5.74, 6) is 0.740. The lowest BCUT2D eigenvalue weighted by atomic mass is 10.1. The van der Waals surface area contributed by atoms with Crippen molar-refractivity contribution in [2.24, 2.45) is 0 Å². The second-order valence-electron chi connectivity index (χ2n) is 6.91. The topological polar surface area (TPSA) is 80.3 Å². The number of hydrogen-bond acceptors (Lipinski definition) is 5. The van der Waals surface area contributed by atoms with Crippen LogP contribution in [0.1, 0.15) is 11.3 Å². The maximum Gasteiger partial charge on any atom is 0.154 e. The quantitative estimate of drug-likeness (QED) is 0.447. The van der Waals surface area contributed by atoms with Crippen molar-refractivity contribution in [3.8, 4) is 34.4 Å². The van der Waals surface area contributed by atoms with Gasteiger partial charge < -0.3 is 0 Å². The molecule has 0 radical (unpaired) electrons. The van der Waals surface area contributed by atoms with Crippen LogP contribution in [-0.2, 0) is 0 Å². The van der Waals surface area contributed by atoms with Crippen molar-refractivity contribution in [3.05, 3.63) is 90.4 Å². The third-order valence-corrected chi connectivity index (χ3v) is 4.87. The highest BCUT2D eigenvalue weighted by atomic mass is 15.3. The number of rotatable bonds is 3. The van der Waals surface area contributed by atoms with Gasteiger partial charge in [0.25, 0.3) is 0 Å². The van der Waals surface area contributed by atoms with E-state index in [9.17, 15) is 0 Å². The first-order valence-electron chi connectivity index (χ1n) is 9.47.